The fourth-order valence-corrected chi connectivity index (χ4v) is 2.44. The number of nitrogens with one attached hydrogen (secondary N) is 2. The number of aromatic nitrogens is 2. The standard InChI is InChI=1S/C13H14F3N3S/c1-9-17-6-10(19-9)7-18-11-4-2-3-5-12(11)20-8-13(14,15)16/h2-6,18H,7-8H2,1H3,(H,17,19). The Morgan fingerprint density at radius 3 is 2.70 bits per heavy atom. The maximum atomic E-state index is 12.3. The Balaban J connectivity index is 2.00. The number of thioether (sulfide) groups is 1. The number of rotatable bonds is 5. The largest absolute Gasteiger partial charge is 0.398 e. The molecule has 108 valence electrons. The van der Waals surface area contributed by atoms with E-state index in [9.17, 15) is 13.2 Å². The average molecular weight is 301 g/mol. The van der Waals surface area contributed by atoms with Crippen LogP contribution in [-0.4, -0.2) is 21.9 Å². The Morgan fingerprint density at radius 2 is 2.05 bits per heavy atom. The van der Waals surface area contributed by atoms with Gasteiger partial charge in [-0.2, -0.15) is 13.2 Å². The lowest BCUT2D eigenvalue weighted by atomic mass is 10.3. The summed E-state index contributed by atoms with van der Waals surface area (Å²) in [5.41, 5.74) is 1.58. The number of H-pyrrole nitrogens is 1. The monoisotopic (exact) mass is 301 g/mol. The summed E-state index contributed by atoms with van der Waals surface area (Å²) in [5, 5.41) is 3.12. The van der Waals surface area contributed by atoms with Crippen molar-refractivity contribution < 1.29 is 13.2 Å². The zero-order chi connectivity index (χ0) is 14.6. The summed E-state index contributed by atoms with van der Waals surface area (Å²) in [5.74, 6) is -0.0870. The number of benzene rings is 1. The number of anilines is 1. The number of aryl methyl sites for hydroxylation is 1. The third-order valence-corrected chi connectivity index (χ3v) is 3.64. The predicted molar refractivity (Wildman–Crippen MR) is 73.9 cm³/mol. The van der Waals surface area contributed by atoms with Crippen molar-refractivity contribution in [2.24, 2.45) is 0 Å². The third-order valence-electron chi connectivity index (χ3n) is 2.50. The Bertz CT molecular complexity index is 566. The molecule has 3 nitrogen and oxygen atoms in total. The van der Waals surface area contributed by atoms with Crippen LogP contribution in [0.4, 0.5) is 18.9 Å². The van der Waals surface area contributed by atoms with Crippen molar-refractivity contribution in [1.29, 1.82) is 0 Å². The molecule has 1 aromatic carbocycles. The first-order valence-electron chi connectivity index (χ1n) is 5.97. The van der Waals surface area contributed by atoms with Crippen LogP contribution in [0.3, 0.4) is 0 Å². The molecule has 0 saturated heterocycles. The van der Waals surface area contributed by atoms with Crippen molar-refractivity contribution in [1.82, 2.24) is 9.97 Å². The Kier molecular flexibility index (Phi) is 4.59. The van der Waals surface area contributed by atoms with Gasteiger partial charge >= 0.3 is 6.18 Å². The number of hydrogen-bond acceptors (Lipinski definition) is 3. The van der Waals surface area contributed by atoms with Crippen LogP contribution in [0.25, 0.3) is 0 Å². The molecule has 0 atom stereocenters. The lowest BCUT2D eigenvalue weighted by molar-refractivity contribution is -0.105. The molecular weight excluding hydrogens is 287 g/mol. The first-order chi connectivity index (χ1) is 9.44. The molecule has 0 aliphatic heterocycles. The van der Waals surface area contributed by atoms with E-state index in [1.807, 2.05) is 6.92 Å². The molecule has 2 aromatic rings. The van der Waals surface area contributed by atoms with Gasteiger partial charge in [0, 0.05) is 10.6 Å². The van der Waals surface area contributed by atoms with Crippen LogP contribution in [0.5, 0.6) is 0 Å². The number of aromatic amines is 1. The maximum absolute atomic E-state index is 12.3. The molecule has 20 heavy (non-hydrogen) atoms. The van der Waals surface area contributed by atoms with Gasteiger partial charge in [-0.05, 0) is 19.1 Å². The Morgan fingerprint density at radius 1 is 1.30 bits per heavy atom. The van der Waals surface area contributed by atoms with Crippen LogP contribution < -0.4 is 5.32 Å². The SMILES string of the molecule is Cc1ncc(CNc2ccccc2SCC(F)(F)F)[nH]1. The maximum Gasteiger partial charge on any atom is 0.398 e. The first-order valence-corrected chi connectivity index (χ1v) is 6.95. The zero-order valence-electron chi connectivity index (χ0n) is 10.8. The molecule has 2 rings (SSSR count). The number of hydrogen-bond donors (Lipinski definition) is 2. The van der Waals surface area contributed by atoms with Crippen molar-refractivity contribution >= 4 is 17.4 Å². The molecule has 0 saturated carbocycles. The highest BCUT2D eigenvalue weighted by atomic mass is 32.2. The normalized spacial score (nSPS) is 11.6. The molecule has 0 aliphatic carbocycles. The minimum Gasteiger partial charge on any atom is -0.379 e. The summed E-state index contributed by atoms with van der Waals surface area (Å²) in [6.45, 7) is 2.33. The van der Waals surface area contributed by atoms with E-state index in [-0.39, 0.29) is 0 Å². The second-order valence-corrected chi connectivity index (χ2v) is 5.26. The number of imidazole rings is 1. The predicted octanol–water partition coefficient (Wildman–Crippen LogP) is 3.98. The second kappa shape index (κ2) is 6.21. The van der Waals surface area contributed by atoms with Crippen LogP contribution in [0, 0.1) is 6.92 Å². The molecule has 0 amide bonds. The van der Waals surface area contributed by atoms with Gasteiger partial charge in [0.15, 0.2) is 0 Å². The summed E-state index contributed by atoms with van der Waals surface area (Å²) in [7, 11) is 0. The molecular formula is C13H14F3N3S. The van der Waals surface area contributed by atoms with Crippen LogP contribution in [0.15, 0.2) is 35.4 Å². The van der Waals surface area contributed by atoms with Crippen molar-refractivity contribution in [3.05, 3.63) is 42.0 Å². The highest BCUT2D eigenvalue weighted by Crippen LogP contribution is 2.32. The second-order valence-electron chi connectivity index (χ2n) is 4.25. The van der Waals surface area contributed by atoms with E-state index in [0.29, 0.717) is 17.1 Å². The lowest BCUT2D eigenvalue weighted by Gasteiger charge is -2.12. The highest BCUT2D eigenvalue weighted by Gasteiger charge is 2.27. The van der Waals surface area contributed by atoms with Gasteiger partial charge in [0.1, 0.15) is 5.82 Å². The molecule has 2 N–H and O–H groups in total. The van der Waals surface area contributed by atoms with E-state index in [1.165, 1.54) is 0 Å². The average Bonchev–Trinajstić information content (AvgIpc) is 2.80. The van der Waals surface area contributed by atoms with Crippen molar-refractivity contribution in [2.75, 3.05) is 11.1 Å². The smallest absolute Gasteiger partial charge is 0.379 e. The van der Waals surface area contributed by atoms with Gasteiger partial charge < -0.3 is 10.3 Å². The fraction of sp³-hybridized carbons (Fsp3) is 0.308. The molecule has 0 radical (unpaired) electrons. The van der Waals surface area contributed by atoms with Crippen molar-refractivity contribution in [3.63, 3.8) is 0 Å². The summed E-state index contributed by atoms with van der Waals surface area (Å²) < 4.78 is 36.8. The molecule has 1 aromatic heterocycles. The lowest BCUT2D eigenvalue weighted by Crippen LogP contribution is -2.11. The van der Waals surface area contributed by atoms with Gasteiger partial charge in [0.2, 0.25) is 0 Å². The van der Waals surface area contributed by atoms with E-state index >= 15 is 0 Å². The summed E-state index contributed by atoms with van der Waals surface area (Å²) in [6, 6.07) is 6.96. The number of para-hydroxylation sites is 1. The van der Waals surface area contributed by atoms with Gasteiger partial charge in [0.25, 0.3) is 0 Å². The van der Waals surface area contributed by atoms with Crippen LogP contribution >= 0.6 is 11.8 Å². The molecule has 0 spiro atoms. The van der Waals surface area contributed by atoms with E-state index < -0.39 is 11.9 Å². The van der Waals surface area contributed by atoms with Crippen molar-refractivity contribution in [2.45, 2.75) is 24.5 Å². The van der Waals surface area contributed by atoms with Gasteiger partial charge in [-0.1, -0.05) is 12.1 Å². The molecule has 0 fully saturated rings. The summed E-state index contributed by atoms with van der Waals surface area (Å²) in [6.07, 6.45) is -2.47. The third kappa shape index (κ3) is 4.48. The molecule has 7 heteroatoms. The van der Waals surface area contributed by atoms with E-state index in [2.05, 4.69) is 15.3 Å². The van der Waals surface area contributed by atoms with Crippen LogP contribution in [-0.2, 0) is 6.54 Å². The fourth-order valence-electron chi connectivity index (χ4n) is 1.65. The molecule has 0 unspecified atom stereocenters. The van der Waals surface area contributed by atoms with Gasteiger partial charge in [0.05, 0.1) is 24.2 Å². The molecule has 0 aliphatic rings. The van der Waals surface area contributed by atoms with Crippen molar-refractivity contribution in [3.8, 4) is 0 Å². The number of alkyl halides is 3. The topological polar surface area (TPSA) is 40.7 Å². The minimum absolute atomic E-state index is 0.491. The van der Waals surface area contributed by atoms with E-state index in [1.54, 1.807) is 30.5 Å². The van der Waals surface area contributed by atoms with E-state index in [4.69, 9.17) is 0 Å². The Labute approximate surface area is 119 Å². The quantitative estimate of drug-likeness (QED) is 0.821. The number of nitrogens with zero attached hydrogens (tertiary/aromatic N) is 1. The summed E-state index contributed by atoms with van der Waals surface area (Å²) >= 11 is 0.781. The Hall–Kier alpha value is -1.63. The van der Waals surface area contributed by atoms with Gasteiger partial charge in [-0.25, -0.2) is 4.98 Å². The first kappa shape index (κ1) is 14.8. The molecule has 1 heterocycles. The van der Waals surface area contributed by atoms with Gasteiger partial charge in [-0.15, -0.1) is 11.8 Å². The highest BCUT2D eigenvalue weighted by molar-refractivity contribution is 7.99. The van der Waals surface area contributed by atoms with Crippen LogP contribution in [0.1, 0.15) is 11.5 Å². The van der Waals surface area contributed by atoms with E-state index in [0.717, 1.165) is 23.3 Å². The summed E-state index contributed by atoms with van der Waals surface area (Å²) in [4.78, 5) is 7.72. The van der Waals surface area contributed by atoms with Crippen LogP contribution in [0.2, 0.25) is 0 Å². The molecule has 0 bridgehead atoms. The zero-order valence-corrected chi connectivity index (χ0v) is 11.6. The number of halogens is 3. The minimum atomic E-state index is -4.17. The van der Waals surface area contributed by atoms with Gasteiger partial charge in [-0.3, -0.25) is 0 Å².